The zero-order chi connectivity index (χ0) is 27.4. The van der Waals surface area contributed by atoms with Gasteiger partial charge in [-0.2, -0.15) is 5.10 Å². The van der Waals surface area contributed by atoms with Gasteiger partial charge >= 0.3 is 0 Å². The highest BCUT2D eigenvalue weighted by molar-refractivity contribution is 8.27. The van der Waals surface area contributed by atoms with Crippen LogP contribution in [-0.4, -0.2) is 15.8 Å². The van der Waals surface area contributed by atoms with Crippen LogP contribution in [0.1, 0.15) is 29.2 Å². The summed E-state index contributed by atoms with van der Waals surface area (Å²) in [6, 6.07) is 29.8. The largest absolute Gasteiger partial charge is 0.294 e. The Morgan fingerprint density at radius 3 is 1.95 bits per heavy atom. The molecule has 6 nitrogen and oxygen atoms in total. The number of hydrogen-bond donors (Lipinski definition) is 0. The van der Waals surface area contributed by atoms with Crippen molar-refractivity contribution in [2.24, 2.45) is 5.10 Å². The molecule has 0 unspecified atom stereocenters. The molecule has 0 bridgehead atoms. The SMILES string of the molecule is CC(=O)C1=NN(c2ccccc2[N+](=O)[O-])[C@@]2(S1)SC(c1ccc(Cl)cc1)(c1ccc(Cl)cc1)c1ccccc12. The van der Waals surface area contributed by atoms with E-state index in [4.69, 9.17) is 28.3 Å². The fraction of sp³-hybridized carbons (Fsp3) is 0.103. The number of nitro benzene ring substituents is 1. The molecule has 2 aliphatic rings. The lowest BCUT2D eigenvalue weighted by Crippen LogP contribution is -2.34. The number of carbonyl (C=O) groups is 1. The van der Waals surface area contributed by atoms with Crippen LogP contribution in [0.4, 0.5) is 11.4 Å². The standard InChI is InChI=1S/C29H19Cl2N3O3S2/c1-18(35)27-32-33(25-8-4-5-9-26(25)34(36)37)29(38-27)24-7-3-2-6-23(24)28(39-29,19-10-14-21(30)15-11-19)20-12-16-22(31)17-13-20/h2-17H,1H3/t29-/m0/s1. The van der Waals surface area contributed by atoms with Gasteiger partial charge in [0.2, 0.25) is 0 Å². The monoisotopic (exact) mass is 591 g/mol. The van der Waals surface area contributed by atoms with Crippen LogP contribution in [0.3, 0.4) is 0 Å². The minimum atomic E-state index is -1.02. The molecule has 10 heteroatoms. The number of nitro groups is 1. The normalized spacial score (nSPS) is 19.2. The molecule has 0 aromatic heterocycles. The molecule has 0 fully saturated rings. The second-order valence-corrected chi connectivity index (χ2v) is 12.8. The molecule has 4 aromatic rings. The molecule has 0 amide bonds. The molecule has 1 atom stereocenters. The maximum Gasteiger partial charge on any atom is 0.294 e. The number of carbonyl (C=O) groups excluding carboxylic acids is 1. The molecule has 1 spiro atoms. The average molecular weight is 593 g/mol. The van der Waals surface area contributed by atoms with Gasteiger partial charge in [-0.05, 0) is 47.0 Å². The first-order chi connectivity index (χ1) is 18.8. The molecule has 0 radical (unpaired) electrons. The Bertz CT molecular complexity index is 1620. The number of hydrogen-bond acceptors (Lipinski definition) is 7. The summed E-state index contributed by atoms with van der Waals surface area (Å²) in [5, 5.41) is 19.9. The molecule has 194 valence electrons. The number of nitrogens with zero attached hydrogens (tertiary/aromatic N) is 3. The minimum Gasteiger partial charge on any atom is -0.292 e. The number of ketones is 1. The summed E-state index contributed by atoms with van der Waals surface area (Å²) in [6.45, 7) is 1.46. The predicted molar refractivity (Wildman–Crippen MR) is 160 cm³/mol. The predicted octanol–water partition coefficient (Wildman–Crippen LogP) is 8.21. The third kappa shape index (κ3) is 4.05. The first-order valence-corrected chi connectivity index (χ1v) is 14.3. The fourth-order valence-electron chi connectivity index (χ4n) is 5.08. The highest BCUT2D eigenvalue weighted by Gasteiger charge is 2.62. The number of thioether (sulfide) groups is 2. The summed E-state index contributed by atoms with van der Waals surface area (Å²) < 4.78 is -1.80. The number of anilines is 1. The van der Waals surface area contributed by atoms with Gasteiger partial charge in [-0.1, -0.05) is 107 Å². The van der Waals surface area contributed by atoms with Crippen molar-refractivity contribution in [2.75, 3.05) is 5.01 Å². The van der Waals surface area contributed by atoms with Crippen molar-refractivity contribution < 1.29 is 9.72 Å². The van der Waals surface area contributed by atoms with Crippen LogP contribution >= 0.6 is 46.7 Å². The second-order valence-electron chi connectivity index (χ2n) is 9.05. The van der Waals surface area contributed by atoms with Gasteiger partial charge in [-0.25, -0.2) is 5.01 Å². The topological polar surface area (TPSA) is 75.8 Å². The molecule has 0 N–H and O–H groups in total. The van der Waals surface area contributed by atoms with Crippen LogP contribution in [0.2, 0.25) is 10.0 Å². The zero-order valence-electron chi connectivity index (χ0n) is 20.4. The van der Waals surface area contributed by atoms with E-state index in [0.29, 0.717) is 15.7 Å². The lowest BCUT2D eigenvalue weighted by molar-refractivity contribution is -0.384. The van der Waals surface area contributed by atoms with E-state index in [1.54, 1.807) is 35.0 Å². The summed E-state index contributed by atoms with van der Waals surface area (Å²) in [5.74, 6) is -0.214. The molecule has 39 heavy (non-hydrogen) atoms. The quantitative estimate of drug-likeness (QED) is 0.172. The lowest BCUT2D eigenvalue weighted by Gasteiger charge is -2.37. The van der Waals surface area contributed by atoms with Crippen molar-refractivity contribution in [2.45, 2.75) is 15.9 Å². The van der Waals surface area contributed by atoms with E-state index < -0.39 is 13.9 Å². The highest BCUT2D eigenvalue weighted by Crippen LogP contribution is 2.71. The minimum absolute atomic E-state index is 0.0976. The van der Waals surface area contributed by atoms with E-state index in [0.717, 1.165) is 22.3 Å². The molecular weight excluding hydrogens is 573 g/mol. The molecular formula is C29H19Cl2N3O3S2. The number of hydrazone groups is 1. The van der Waals surface area contributed by atoms with Gasteiger partial charge in [0.1, 0.15) is 5.69 Å². The number of para-hydroxylation sites is 2. The molecule has 0 saturated carbocycles. The van der Waals surface area contributed by atoms with Crippen LogP contribution in [0.15, 0.2) is 102 Å². The zero-order valence-corrected chi connectivity index (χ0v) is 23.5. The molecule has 2 heterocycles. The van der Waals surface area contributed by atoms with E-state index in [1.807, 2.05) is 66.7 Å². The summed E-state index contributed by atoms with van der Waals surface area (Å²) in [4.78, 5) is 24.4. The Labute approximate surface area is 243 Å². The van der Waals surface area contributed by atoms with Gasteiger partial charge in [0, 0.05) is 28.6 Å². The van der Waals surface area contributed by atoms with Gasteiger partial charge in [-0.3, -0.25) is 14.9 Å². The van der Waals surface area contributed by atoms with Crippen LogP contribution < -0.4 is 5.01 Å². The van der Waals surface area contributed by atoms with Gasteiger partial charge in [0.15, 0.2) is 15.0 Å². The van der Waals surface area contributed by atoms with E-state index in [2.05, 4.69) is 6.07 Å². The van der Waals surface area contributed by atoms with Crippen LogP contribution in [-0.2, 0) is 13.7 Å². The number of Topliss-reactive ketones (excluding diaryl/α,β-unsaturated/α-hetero) is 1. The Kier molecular flexibility index (Phi) is 6.46. The molecule has 0 aliphatic carbocycles. The van der Waals surface area contributed by atoms with Crippen molar-refractivity contribution in [3.63, 3.8) is 0 Å². The number of fused-ring (bicyclic) bond motifs is 2. The van der Waals surface area contributed by atoms with Gasteiger partial charge < -0.3 is 0 Å². The van der Waals surface area contributed by atoms with Crippen molar-refractivity contribution in [3.05, 3.63) is 139 Å². The van der Waals surface area contributed by atoms with Gasteiger partial charge in [-0.15, -0.1) is 0 Å². The first-order valence-electron chi connectivity index (χ1n) is 11.9. The van der Waals surface area contributed by atoms with Crippen molar-refractivity contribution in [3.8, 4) is 0 Å². The van der Waals surface area contributed by atoms with Crippen LogP contribution in [0.5, 0.6) is 0 Å². The Hall–Kier alpha value is -3.30. The van der Waals surface area contributed by atoms with Crippen LogP contribution in [0.25, 0.3) is 0 Å². The summed E-state index contributed by atoms with van der Waals surface area (Å²) in [6.07, 6.45) is 0. The maximum absolute atomic E-state index is 12.7. The van der Waals surface area contributed by atoms with E-state index >= 15 is 0 Å². The maximum atomic E-state index is 12.7. The highest BCUT2D eigenvalue weighted by atomic mass is 35.5. The second kappa shape index (κ2) is 9.71. The first kappa shape index (κ1) is 26.0. The molecule has 2 aliphatic heterocycles. The summed E-state index contributed by atoms with van der Waals surface area (Å²) in [7, 11) is 0. The smallest absolute Gasteiger partial charge is 0.292 e. The summed E-state index contributed by atoms with van der Waals surface area (Å²) in [5.41, 5.74) is 4.00. The van der Waals surface area contributed by atoms with Gasteiger partial charge in [0.05, 0.1) is 9.67 Å². The molecule has 4 aromatic carbocycles. The molecule has 0 saturated heterocycles. The number of benzene rings is 4. The number of rotatable bonds is 5. The van der Waals surface area contributed by atoms with Crippen molar-refractivity contribution >= 4 is 68.9 Å². The Balaban J connectivity index is 1.67. The molecule has 6 rings (SSSR count). The third-order valence-electron chi connectivity index (χ3n) is 6.75. The summed E-state index contributed by atoms with van der Waals surface area (Å²) >= 11 is 15.5. The van der Waals surface area contributed by atoms with Gasteiger partial charge in [0.25, 0.3) is 5.69 Å². The van der Waals surface area contributed by atoms with E-state index in [9.17, 15) is 14.9 Å². The fourth-order valence-corrected chi connectivity index (χ4v) is 8.88. The average Bonchev–Trinajstić information content (AvgIpc) is 3.47. The number of halogens is 2. The third-order valence-corrected chi connectivity index (χ3v) is 10.7. The van der Waals surface area contributed by atoms with Crippen molar-refractivity contribution in [1.82, 2.24) is 0 Å². The van der Waals surface area contributed by atoms with Crippen molar-refractivity contribution in [1.29, 1.82) is 0 Å². The van der Waals surface area contributed by atoms with Crippen LogP contribution in [0, 0.1) is 10.1 Å². The van der Waals surface area contributed by atoms with E-state index in [1.165, 1.54) is 24.8 Å². The Morgan fingerprint density at radius 2 is 1.38 bits per heavy atom. The Morgan fingerprint density at radius 1 is 0.846 bits per heavy atom. The van der Waals surface area contributed by atoms with E-state index in [-0.39, 0.29) is 16.5 Å². The lowest BCUT2D eigenvalue weighted by atomic mass is 9.82.